The molecular weight excluding hydrogens is 320 g/mol. The number of carbonyl (C=O) groups excluding carboxylic acids is 1. The van der Waals surface area contributed by atoms with Gasteiger partial charge in [0.05, 0.1) is 6.10 Å². The zero-order chi connectivity index (χ0) is 17.1. The van der Waals surface area contributed by atoms with Crippen molar-refractivity contribution in [3.63, 3.8) is 0 Å². The van der Waals surface area contributed by atoms with E-state index >= 15 is 0 Å². The van der Waals surface area contributed by atoms with Crippen molar-refractivity contribution in [1.82, 2.24) is 15.3 Å². The van der Waals surface area contributed by atoms with E-state index in [0.29, 0.717) is 34.9 Å². The summed E-state index contributed by atoms with van der Waals surface area (Å²) in [6, 6.07) is 10.6. The Bertz CT molecular complexity index is 872. The second-order valence-corrected chi connectivity index (χ2v) is 5.89. The average molecular weight is 338 g/mol. The monoisotopic (exact) mass is 338 g/mol. The number of pyridine rings is 1. The number of carbonyl (C=O) groups is 1. The number of amides is 2. The molecule has 0 unspecified atom stereocenters. The van der Waals surface area contributed by atoms with Crippen LogP contribution >= 0.6 is 0 Å². The Morgan fingerprint density at radius 3 is 3.04 bits per heavy atom. The highest BCUT2D eigenvalue weighted by atomic mass is 16.5. The van der Waals surface area contributed by atoms with E-state index in [9.17, 15) is 4.79 Å². The van der Waals surface area contributed by atoms with Gasteiger partial charge in [-0.2, -0.15) is 0 Å². The summed E-state index contributed by atoms with van der Waals surface area (Å²) in [5.41, 5.74) is 2.62. The zero-order valence-electron chi connectivity index (χ0n) is 13.6. The van der Waals surface area contributed by atoms with Crippen LogP contribution in [-0.2, 0) is 4.74 Å². The Kier molecular flexibility index (Phi) is 4.30. The lowest BCUT2D eigenvalue weighted by molar-refractivity contribution is 0.112. The molecule has 2 amide bonds. The number of fused-ring (bicyclic) bond motifs is 1. The minimum atomic E-state index is -0.265. The summed E-state index contributed by atoms with van der Waals surface area (Å²) in [5.74, 6) is 0.454. The first-order valence-corrected chi connectivity index (χ1v) is 8.26. The molecule has 7 nitrogen and oxygen atoms in total. The summed E-state index contributed by atoms with van der Waals surface area (Å²) in [4.78, 5) is 20.6. The van der Waals surface area contributed by atoms with Crippen molar-refractivity contribution >= 4 is 22.8 Å². The van der Waals surface area contributed by atoms with Crippen LogP contribution in [0.2, 0.25) is 0 Å². The zero-order valence-corrected chi connectivity index (χ0v) is 13.6. The summed E-state index contributed by atoms with van der Waals surface area (Å²) in [7, 11) is 0. The fourth-order valence-electron chi connectivity index (χ4n) is 2.79. The van der Waals surface area contributed by atoms with Crippen molar-refractivity contribution in [3.05, 3.63) is 42.6 Å². The van der Waals surface area contributed by atoms with E-state index < -0.39 is 0 Å². The van der Waals surface area contributed by atoms with Crippen LogP contribution in [0.3, 0.4) is 0 Å². The largest absolute Gasteiger partial charge is 0.435 e. The molecule has 2 N–H and O–H groups in total. The number of nitrogens with zero attached hydrogens (tertiary/aromatic N) is 2. The SMILES string of the molecule is O=C(NC[C@H]1CCCO1)Nc1ccc2nc(-c3ccccn3)oc2c1. The van der Waals surface area contributed by atoms with Gasteiger partial charge in [0, 0.05) is 31.1 Å². The molecule has 25 heavy (non-hydrogen) atoms. The summed E-state index contributed by atoms with van der Waals surface area (Å²) in [6.07, 6.45) is 3.84. The van der Waals surface area contributed by atoms with Gasteiger partial charge in [-0.3, -0.25) is 4.98 Å². The molecule has 1 saturated heterocycles. The van der Waals surface area contributed by atoms with E-state index in [2.05, 4.69) is 20.6 Å². The molecular formula is C18H18N4O3. The van der Waals surface area contributed by atoms with Gasteiger partial charge in [-0.05, 0) is 37.1 Å². The first-order valence-electron chi connectivity index (χ1n) is 8.26. The van der Waals surface area contributed by atoms with E-state index in [1.165, 1.54) is 0 Å². The number of hydrogen-bond acceptors (Lipinski definition) is 5. The number of ether oxygens (including phenoxy) is 1. The third kappa shape index (κ3) is 3.61. The Morgan fingerprint density at radius 2 is 2.24 bits per heavy atom. The molecule has 1 fully saturated rings. The molecule has 0 spiro atoms. The van der Waals surface area contributed by atoms with E-state index in [1.54, 1.807) is 24.4 Å². The lowest BCUT2D eigenvalue weighted by Gasteiger charge is -2.11. The van der Waals surface area contributed by atoms with E-state index in [-0.39, 0.29) is 12.1 Å². The van der Waals surface area contributed by atoms with Gasteiger partial charge in [0.25, 0.3) is 0 Å². The molecule has 0 saturated carbocycles. The quantitative estimate of drug-likeness (QED) is 0.762. The second kappa shape index (κ2) is 6.90. The number of nitrogens with one attached hydrogen (secondary N) is 2. The standard InChI is InChI=1S/C18H18N4O3/c23-18(20-11-13-4-3-9-24-13)21-12-6-7-14-16(10-12)25-17(22-14)15-5-1-2-8-19-15/h1-2,5-8,10,13H,3-4,9,11H2,(H2,20,21,23)/t13-/m1/s1. The number of benzene rings is 1. The molecule has 4 rings (SSSR count). The molecule has 0 radical (unpaired) electrons. The van der Waals surface area contributed by atoms with Gasteiger partial charge in [0.2, 0.25) is 5.89 Å². The molecule has 1 aliphatic heterocycles. The van der Waals surface area contributed by atoms with Gasteiger partial charge >= 0.3 is 6.03 Å². The van der Waals surface area contributed by atoms with Gasteiger partial charge in [-0.1, -0.05) is 6.07 Å². The molecule has 0 aliphatic carbocycles. The molecule has 3 aromatic rings. The fourth-order valence-corrected chi connectivity index (χ4v) is 2.79. The maximum Gasteiger partial charge on any atom is 0.319 e. The fraction of sp³-hybridized carbons (Fsp3) is 0.278. The Balaban J connectivity index is 1.44. The molecule has 1 aliphatic rings. The number of rotatable bonds is 4. The number of urea groups is 1. The van der Waals surface area contributed by atoms with Crippen LogP contribution in [0.1, 0.15) is 12.8 Å². The predicted molar refractivity (Wildman–Crippen MR) is 93.2 cm³/mol. The van der Waals surface area contributed by atoms with Crippen LogP contribution in [0, 0.1) is 0 Å². The summed E-state index contributed by atoms with van der Waals surface area (Å²) in [5, 5.41) is 5.62. The molecule has 7 heteroatoms. The second-order valence-electron chi connectivity index (χ2n) is 5.89. The predicted octanol–water partition coefficient (Wildman–Crippen LogP) is 3.19. The minimum Gasteiger partial charge on any atom is -0.435 e. The first-order chi connectivity index (χ1) is 12.3. The minimum absolute atomic E-state index is 0.114. The van der Waals surface area contributed by atoms with Gasteiger partial charge in [0.1, 0.15) is 11.2 Å². The van der Waals surface area contributed by atoms with Crippen LogP contribution in [-0.4, -0.2) is 35.3 Å². The maximum atomic E-state index is 12.0. The molecule has 3 heterocycles. The van der Waals surface area contributed by atoms with Crippen LogP contribution < -0.4 is 10.6 Å². The highest BCUT2D eigenvalue weighted by molar-refractivity contribution is 5.91. The number of oxazole rings is 1. The molecule has 2 aromatic heterocycles. The molecule has 0 bridgehead atoms. The van der Waals surface area contributed by atoms with E-state index in [4.69, 9.17) is 9.15 Å². The summed E-state index contributed by atoms with van der Waals surface area (Å²) >= 11 is 0. The molecule has 1 atom stereocenters. The van der Waals surface area contributed by atoms with E-state index in [0.717, 1.165) is 19.4 Å². The van der Waals surface area contributed by atoms with Crippen molar-refractivity contribution in [2.45, 2.75) is 18.9 Å². The number of anilines is 1. The van der Waals surface area contributed by atoms with Crippen molar-refractivity contribution in [2.24, 2.45) is 0 Å². The average Bonchev–Trinajstić information content (AvgIpc) is 3.30. The molecule has 128 valence electrons. The van der Waals surface area contributed by atoms with E-state index in [1.807, 2.05) is 18.2 Å². The lowest BCUT2D eigenvalue weighted by Crippen LogP contribution is -2.34. The van der Waals surface area contributed by atoms with Crippen molar-refractivity contribution in [3.8, 4) is 11.6 Å². The van der Waals surface area contributed by atoms with Crippen molar-refractivity contribution in [1.29, 1.82) is 0 Å². The van der Waals surface area contributed by atoms with Crippen LogP contribution in [0.25, 0.3) is 22.7 Å². The molecule has 1 aromatic carbocycles. The lowest BCUT2D eigenvalue weighted by atomic mass is 10.2. The third-order valence-electron chi connectivity index (χ3n) is 4.04. The first kappa shape index (κ1) is 15.6. The number of hydrogen-bond donors (Lipinski definition) is 2. The smallest absolute Gasteiger partial charge is 0.319 e. The van der Waals surface area contributed by atoms with Gasteiger partial charge in [-0.25, -0.2) is 9.78 Å². The van der Waals surface area contributed by atoms with Gasteiger partial charge in [-0.15, -0.1) is 0 Å². The maximum absolute atomic E-state index is 12.0. The van der Waals surface area contributed by atoms with Crippen LogP contribution in [0.15, 0.2) is 47.0 Å². The Morgan fingerprint density at radius 1 is 1.28 bits per heavy atom. The summed E-state index contributed by atoms with van der Waals surface area (Å²) < 4.78 is 11.2. The summed E-state index contributed by atoms with van der Waals surface area (Å²) in [6.45, 7) is 1.29. The normalized spacial score (nSPS) is 16.9. The van der Waals surface area contributed by atoms with Gasteiger partial charge in [0.15, 0.2) is 5.58 Å². The van der Waals surface area contributed by atoms with Crippen LogP contribution in [0.5, 0.6) is 0 Å². The highest BCUT2D eigenvalue weighted by Crippen LogP contribution is 2.25. The Labute approximate surface area is 144 Å². The topological polar surface area (TPSA) is 89.3 Å². The van der Waals surface area contributed by atoms with Crippen molar-refractivity contribution < 1.29 is 13.9 Å². The third-order valence-corrected chi connectivity index (χ3v) is 4.04. The Hall–Kier alpha value is -2.93. The highest BCUT2D eigenvalue weighted by Gasteiger charge is 2.16. The number of aromatic nitrogens is 2. The van der Waals surface area contributed by atoms with Crippen LogP contribution in [0.4, 0.5) is 10.5 Å². The van der Waals surface area contributed by atoms with Gasteiger partial charge < -0.3 is 19.8 Å². The van der Waals surface area contributed by atoms with Crippen molar-refractivity contribution in [2.75, 3.05) is 18.5 Å².